The third kappa shape index (κ3) is 2.32. The number of hydrogen-bond acceptors (Lipinski definition) is 3. The van der Waals surface area contributed by atoms with Crippen LogP contribution >= 0.6 is 0 Å². The third-order valence-corrected chi connectivity index (χ3v) is 3.66. The average molecular weight is 329 g/mol. The first kappa shape index (κ1) is 14.4. The summed E-state index contributed by atoms with van der Waals surface area (Å²) < 4.78 is 41.2. The Hall–Kier alpha value is -3.16. The second-order valence-electron chi connectivity index (χ2n) is 5.18. The summed E-state index contributed by atoms with van der Waals surface area (Å²) in [6, 6.07) is 8.39. The normalized spacial score (nSPS) is 12.0. The summed E-state index contributed by atoms with van der Waals surface area (Å²) in [6.07, 6.45) is 1.91. The maximum atomic E-state index is 13.2. The number of pyridine rings is 1. The Morgan fingerprint density at radius 1 is 1.08 bits per heavy atom. The van der Waals surface area contributed by atoms with Crippen LogP contribution in [0, 0.1) is 0 Å². The number of aromatic nitrogens is 5. The van der Waals surface area contributed by atoms with Crippen molar-refractivity contribution in [2.45, 2.75) is 6.18 Å². The van der Waals surface area contributed by atoms with Crippen molar-refractivity contribution in [2.24, 2.45) is 0 Å². The molecule has 24 heavy (non-hydrogen) atoms. The number of halogens is 3. The molecule has 1 aromatic carbocycles. The van der Waals surface area contributed by atoms with Gasteiger partial charge in [-0.3, -0.25) is 10.1 Å². The van der Waals surface area contributed by atoms with E-state index < -0.39 is 11.9 Å². The molecule has 1 N–H and O–H groups in total. The van der Waals surface area contributed by atoms with Gasteiger partial charge in [-0.25, -0.2) is 4.98 Å². The van der Waals surface area contributed by atoms with Gasteiger partial charge in [0.25, 0.3) is 0 Å². The lowest BCUT2D eigenvalue weighted by Gasteiger charge is -2.08. The number of rotatable bonds is 2. The van der Waals surface area contributed by atoms with Crippen LogP contribution in [0.5, 0.6) is 0 Å². The highest BCUT2D eigenvalue weighted by atomic mass is 19.4. The summed E-state index contributed by atoms with van der Waals surface area (Å²) in [5.41, 5.74) is 1.14. The van der Waals surface area contributed by atoms with Gasteiger partial charge in [0, 0.05) is 24.2 Å². The topological polar surface area (TPSA) is 59.4 Å². The second-order valence-corrected chi connectivity index (χ2v) is 5.18. The molecule has 0 fully saturated rings. The number of hydrogen-bond donors (Lipinski definition) is 1. The third-order valence-electron chi connectivity index (χ3n) is 3.66. The quantitative estimate of drug-likeness (QED) is 0.608. The predicted molar refractivity (Wildman–Crippen MR) is 81.4 cm³/mol. The highest BCUT2D eigenvalue weighted by molar-refractivity contribution is 5.90. The number of nitrogens with one attached hydrogen (secondary N) is 1. The van der Waals surface area contributed by atoms with Gasteiger partial charge < -0.3 is 4.57 Å². The summed E-state index contributed by atoms with van der Waals surface area (Å²) in [4.78, 5) is 8.28. The van der Waals surface area contributed by atoms with Gasteiger partial charge in [0.15, 0.2) is 0 Å². The summed E-state index contributed by atoms with van der Waals surface area (Å²) in [7, 11) is 0. The molecule has 4 aromatic rings. The average Bonchev–Trinajstić information content (AvgIpc) is 3.22. The van der Waals surface area contributed by atoms with Crippen molar-refractivity contribution in [3.63, 3.8) is 0 Å². The van der Waals surface area contributed by atoms with Gasteiger partial charge >= 0.3 is 6.18 Å². The zero-order valence-corrected chi connectivity index (χ0v) is 12.1. The molecule has 0 radical (unpaired) electrons. The van der Waals surface area contributed by atoms with E-state index in [0.29, 0.717) is 11.4 Å². The van der Waals surface area contributed by atoms with Gasteiger partial charge in [-0.1, -0.05) is 6.07 Å². The molecule has 4 rings (SSSR count). The summed E-state index contributed by atoms with van der Waals surface area (Å²) in [5.74, 6) is 0. The van der Waals surface area contributed by atoms with E-state index in [-0.39, 0.29) is 10.9 Å². The van der Waals surface area contributed by atoms with Gasteiger partial charge in [-0.15, -0.1) is 0 Å². The predicted octanol–water partition coefficient (Wildman–Crippen LogP) is 3.83. The van der Waals surface area contributed by atoms with E-state index in [1.165, 1.54) is 12.4 Å². The molecule has 5 nitrogen and oxygen atoms in total. The van der Waals surface area contributed by atoms with Crippen molar-refractivity contribution in [2.75, 3.05) is 0 Å². The van der Waals surface area contributed by atoms with Gasteiger partial charge in [-0.05, 0) is 24.3 Å². The van der Waals surface area contributed by atoms with Gasteiger partial charge in [0.2, 0.25) is 0 Å². The van der Waals surface area contributed by atoms with Crippen LogP contribution in [0.15, 0.2) is 55.2 Å². The molecule has 0 unspecified atom stereocenters. The Morgan fingerprint density at radius 2 is 1.96 bits per heavy atom. The van der Waals surface area contributed by atoms with Crippen molar-refractivity contribution in [1.29, 1.82) is 0 Å². The SMILES string of the molecule is FC(F)(F)c1[nH]nc2cccc(-n3cnc(-c4cccnc4)c3)c12. The van der Waals surface area contributed by atoms with Crippen LogP contribution in [-0.4, -0.2) is 24.7 Å². The Balaban J connectivity index is 1.89. The van der Waals surface area contributed by atoms with E-state index in [2.05, 4.69) is 20.2 Å². The molecule has 8 heteroatoms. The van der Waals surface area contributed by atoms with Gasteiger partial charge in [-0.2, -0.15) is 18.3 Å². The molecule has 3 heterocycles. The number of benzene rings is 1. The maximum absolute atomic E-state index is 13.2. The van der Waals surface area contributed by atoms with Crippen molar-refractivity contribution >= 4 is 10.9 Å². The zero-order valence-electron chi connectivity index (χ0n) is 12.1. The fourth-order valence-electron chi connectivity index (χ4n) is 2.59. The fourth-order valence-corrected chi connectivity index (χ4v) is 2.59. The molecule has 0 atom stereocenters. The van der Waals surface area contributed by atoms with Crippen molar-refractivity contribution < 1.29 is 13.2 Å². The van der Waals surface area contributed by atoms with Crippen LogP contribution in [0.3, 0.4) is 0 Å². The maximum Gasteiger partial charge on any atom is 0.433 e. The molecule has 0 aliphatic heterocycles. The molecule has 3 aromatic heterocycles. The Bertz CT molecular complexity index is 1000. The molecule has 0 aliphatic carbocycles. The first-order valence-electron chi connectivity index (χ1n) is 7.03. The molecular weight excluding hydrogens is 319 g/mol. The van der Waals surface area contributed by atoms with E-state index in [0.717, 1.165) is 5.56 Å². The van der Waals surface area contributed by atoms with Gasteiger partial charge in [0.05, 0.1) is 28.6 Å². The lowest BCUT2D eigenvalue weighted by Crippen LogP contribution is -2.07. The molecule has 0 saturated heterocycles. The molecular formula is C16H10F3N5. The molecule has 0 spiro atoms. The number of fused-ring (bicyclic) bond motifs is 1. The van der Waals surface area contributed by atoms with E-state index in [4.69, 9.17) is 0 Å². The van der Waals surface area contributed by atoms with Crippen LogP contribution in [-0.2, 0) is 6.18 Å². The standard InChI is InChI=1S/C16H10F3N5/c17-16(18,19)15-14-11(22-23-15)4-1-5-13(14)24-8-12(21-9-24)10-3-2-6-20-7-10/h1-9H,(H,22,23). The lowest BCUT2D eigenvalue weighted by atomic mass is 10.1. The highest BCUT2D eigenvalue weighted by Gasteiger charge is 2.36. The van der Waals surface area contributed by atoms with E-state index in [1.807, 2.05) is 6.07 Å². The monoisotopic (exact) mass is 329 g/mol. The highest BCUT2D eigenvalue weighted by Crippen LogP contribution is 2.36. The Morgan fingerprint density at radius 3 is 2.71 bits per heavy atom. The number of nitrogens with zero attached hydrogens (tertiary/aromatic N) is 4. The smallest absolute Gasteiger partial charge is 0.305 e. The minimum atomic E-state index is -4.52. The van der Waals surface area contributed by atoms with E-state index in [9.17, 15) is 13.2 Å². The number of imidazole rings is 1. The van der Waals surface area contributed by atoms with Gasteiger partial charge in [0.1, 0.15) is 5.69 Å². The number of H-pyrrole nitrogens is 1. The molecule has 0 saturated carbocycles. The van der Waals surface area contributed by atoms with Crippen molar-refractivity contribution in [1.82, 2.24) is 24.7 Å². The van der Waals surface area contributed by atoms with Crippen molar-refractivity contribution in [3.05, 3.63) is 60.9 Å². The Kier molecular flexibility index (Phi) is 3.12. The first-order valence-corrected chi connectivity index (χ1v) is 7.03. The number of alkyl halides is 3. The van der Waals surface area contributed by atoms with Crippen molar-refractivity contribution in [3.8, 4) is 16.9 Å². The molecule has 0 amide bonds. The summed E-state index contributed by atoms with van der Waals surface area (Å²) >= 11 is 0. The minimum absolute atomic E-state index is 0.0140. The van der Waals surface area contributed by atoms with E-state index >= 15 is 0 Å². The van der Waals surface area contributed by atoms with Crippen LogP contribution < -0.4 is 0 Å². The minimum Gasteiger partial charge on any atom is -0.305 e. The zero-order chi connectivity index (χ0) is 16.7. The van der Waals surface area contributed by atoms with Crippen LogP contribution in [0.25, 0.3) is 27.8 Å². The molecule has 0 bridgehead atoms. The number of aromatic amines is 1. The molecule has 120 valence electrons. The fraction of sp³-hybridized carbons (Fsp3) is 0.0625. The van der Waals surface area contributed by atoms with Crippen LogP contribution in [0.4, 0.5) is 13.2 Å². The largest absolute Gasteiger partial charge is 0.433 e. The Labute approximate surface area is 133 Å². The van der Waals surface area contributed by atoms with E-state index in [1.54, 1.807) is 41.4 Å². The second kappa shape index (κ2) is 5.19. The summed E-state index contributed by atoms with van der Waals surface area (Å²) in [5, 5.41) is 5.85. The molecule has 0 aliphatic rings. The van der Waals surface area contributed by atoms with Crippen LogP contribution in [0.1, 0.15) is 5.69 Å². The lowest BCUT2D eigenvalue weighted by molar-refractivity contribution is -0.139. The van der Waals surface area contributed by atoms with Crippen LogP contribution in [0.2, 0.25) is 0 Å². The summed E-state index contributed by atoms with van der Waals surface area (Å²) in [6.45, 7) is 0. The first-order chi connectivity index (χ1) is 11.5.